The molecular weight excluding hydrogens is 467 g/mol. The van der Waals surface area contributed by atoms with E-state index in [1.807, 2.05) is 30.2 Å². The Labute approximate surface area is 198 Å². The maximum atomic E-state index is 13.2. The molecule has 0 spiro atoms. The van der Waals surface area contributed by atoms with Gasteiger partial charge in [0.1, 0.15) is 0 Å². The van der Waals surface area contributed by atoms with Crippen LogP contribution < -0.4 is 9.80 Å². The monoisotopic (exact) mass is 498 g/mol. The molecule has 2 heterocycles. The van der Waals surface area contributed by atoms with Gasteiger partial charge in [-0.05, 0) is 0 Å². The van der Waals surface area contributed by atoms with Crippen molar-refractivity contribution < 1.29 is 9.90 Å². The van der Waals surface area contributed by atoms with Crippen LogP contribution in [-0.2, 0) is 11.2 Å². The van der Waals surface area contributed by atoms with Crippen LogP contribution in [0.3, 0.4) is 0 Å². The number of carbonyl (C=O) groups is 1. The Morgan fingerprint density at radius 1 is 0.969 bits per heavy atom. The fourth-order valence-electron chi connectivity index (χ4n) is 4.18. The van der Waals surface area contributed by atoms with E-state index in [2.05, 4.69) is 68.7 Å². The van der Waals surface area contributed by atoms with Crippen LogP contribution in [0.25, 0.3) is 6.08 Å². The van der Waals surface area contributed by atoms with Gasteiger partial charge in [-0.15, -0.1) is 0 Å². The summed E-state index contributed by atoms with van der Waals surface area (Å²) in [4.78, 5) is 21.5. The molecule has 2 aromatic rings. The molecule has 0 aromatic heterocycles. The van der Waals surface area contributed by atoms with Crippen molar-refractivity contribution in [1.82, 2.24) is 9.80 Å². The molecule has 0 unspecified atom stereocenters. The zero-order valence-electron chi connectivity index (χ0n) is 18.7. The van der Waals surface area contributed by atoms with Gasteiger partial charge in [0.05, 0.1) is 6.61 Å². The molecule has 0 saturated carbocycles. The van der Waals surface area contributed by atoms with Crippen LogP contribution >= 0.6 is 0 Å². The van der Waals surface area contributed by atoms with E-state index in [-0.39, 0.29) is 12.5 Å². The van der Waals surface area contributed by atoms with Crippen LogP contribution in [0.1, 0.15) is 18.1 Å². The van der Waals surface area contributed by atoms with Crippen LogP contribution in [0.5, 0.6) is 0 Å². The SMILES string of the molecule is CCc1ccc(N2C(=O)C(=Cc3ccc(N4CCN(CCO)CC4)cc3)N(C)C2=[Se])cc1. The quantitative estimate of drug-likeness (QED) is 0.489. The minimum absolute atomic E-state index is 0.0328. The van der Waals surface area contributed by atoms with E-state index >= 15 is 0 Å². The molecule has 1 N–H and O–H groups in total. The first-order valence-electron chi connectivity index (χ1n) is 11.1. The van der Waals surface area contributed by atoms with Gasteiger partial charge in [-0.1, -0.05) is 0 Å². The van der Waals surface area contributed by atoms with Crippen LogP contribution in [-0.4, -0.2) is 87.4 Å². The summed E-state index contributed by atoms with van der Waals surface area (Å²) >= 11 is 3.06. The first-order chi connectivity index (χ1) is 15.5. The summed E-state index contributed by atoms with van der Waals surface area (Å²) in [7, 11) is 1.91. The topological polar surface area (TPSA) is 50.3 Å². The van der Waals surface area contributed by atoms with E-state index in [9.17, 15) is 4.79 Å². The van der Waals surface area contributed by atoms with Crippen molar-refractivity contribution >= 4 is 43.6 Å². The summed E-state index contributed by atoms with van der Waals surface area (Å²) in [5, 5.41) is 9.11. The second kappa shape index (κ2) is 10.0. The Morgan fingerprint density at radius 3 is 2.19 bits per heavy atom. The fraction of sp³-hybridized carbons (Fsp3) is 0.360. The Balaban J connectivity index is 1.48. The van der Waals surface area contributed by atoms with Gasteiger partial charge in [-0.3, -0.25) is 0 Å². The molecule has 2 aromatic carbocycles. The van der Waals surface area contributed by atoms with E-state index in [0.717, 1.165) is 55.1 Å². The maximum absolute atomic E-state index is 13.2. The van der Waals surface area contributed by atoms with E-state index in [4.69, 9.17) is 5.11 Å². The number of benzene rings is 2. The summed E-state index contributed by atoms with van der Waals surface area (Å²) in [6.07, 6.45) is 2.92. The molecule has 2 saturated heterocycles. The van der Waals surface area contributed by atoms with Gasteiger partial charge in [0, 0.05) is 6.54 Å². The summed E-state index contributed by atoms with van der Waals surface area (Å²) in [6.45, 7) is 6.92. The zero-order chi connectivity index (χ0) is 22.7. The van der Waals surface area contributed by atoms with Crippen molar-refractivity contribution in [2.45, 2.75) is 13.3 Å². The van der Waals surface area contributed by atoms with Gasteiger partial charge in [0.15, 0.2) is 0 Å². The third-order valence-corrected chi connectivity index (χ3v) is 7.17. The second-order valence-electron chi connectivity index (χ2n) is 8.18. The summed E-state index contributed by atoms with van der Waals surface area (Å²) < 4.78 is 0.780. The molecule has 0 aliphatic carbocycles. The van der Waals surface area contributed by atoms with Gasteiger partial charge in [-0.2, -0.15) is 0 Å². The Kier molecular flexibility index (Phi) is 7.11. The molecule has 2 aliphatic rings. The second-order valence-corrected chi connectivity index (χ2v) is 8.94. The Bertz CT molecular complexity index is 996. The van der Waals surface area contributed by atoms with Crippen molar-refractivity contribution in [2.75, 3.05) is 56.2 Å². The molecule has 32 heavy (non-hydrogen) atoms. The molecule has 0 atom stereocenters. The predicted octanol–water partition coefficient (Wildman–Crippen LogP) is 1.94. The molecule has 6 nitrogen and oxygen atoms in total. The number of piperazine rings is 1. The summed E-state index contributed by atoms with van der Waals surface area (Å²) in [5.74, 6) is -0.0328. The zero-order valence-corrected chi connectivity index (χ0v) is 20.4. The van der Waals surface area contributed by atoms with Crippen molar-refractivity contribution in [3.63, 3.8) is 0 Å². The number of aliphatic hydroxyl groups excluding tert-OH is 1. The molecule has 7 heteroatoms. The van der Waals surface area contributed by atoms with E-state index in [1.165, 1.54) is 11.3 Å². The molecule has 2 aliphatic heterocycles. The van der Waals surface area contributed by atoms with Crippen LogP contribution in [0.15, 0.2) is 54.2 Å². The first-order valence-corrected chi connectivity index (χ1v) is 12.0. The first kappa shape index (κ1) is 22.7. The van der Waals surface area contributed by atoms with Crippen molar-refractivity contribution in [3.8, 4) is 0 Å². The molecule has 0 bridgehead atoms. The van der Waals surface area contributed by atoms with E-state index in [1.54, 1.807) is 4.90 Å². The number of likely N-dealkylation sites (N-methyl/N-ethyl adjacent to an activating group) is 1. The van der Waals surface area contributed by atoms with Crippen molar-refractivity contribution in [3.05, 3.63) is 65.4 Å². The molecule has 168 valence electrons. The number of β-amino-alcohol motifs (C(OH)–C–C–N with tert-alkyl or cyclic N) is 1. The Morgan fingerprint density at radius 2 is 1.59 bits per heavy atom. The van der Waals surface area contributed by atoms with Gasteiger partial charge < -0.3 is 5.11 Å². The van der Waals surface area contributed by atoms with Crippen LogP contribution in [0.4, 0.5) is 11.4 Å². The minimum atomic E-state index is -0.0328. The normalized spacial score (nSPS) is 18.8. The number of nitrogens with zero attached hydrogens (tertiary/aromatic N) is 4. The number of amides is 1. The third-order valence-electron chi connectivity index (χ3n) is 6.21. The molecule has 1 amide bonds. The van der Waals surface area contributed by atoms with Crippen molar-refractivity contribution in [1.29, 1.82) is 0 Å². The molecular formula is C25H30N4O2Se. The van der Waals surface area contributed by atoms with E-state index in [0.29, 0.717) is 5.70 Å². The average Bonchev–Trinajstić information content (AvgIpc) is 3.03. The van der Waals surface area contributed by atoms with Crippen LogP contribution in [0, 0.1) is 0 Å². The number of anilines is 2. The van der Waals surface area contributed by atoms with Crippen molar-refractivity contribution in [2.24, 2.45) is 0 Å². The van der Waals surface area contributed by atoms with Gasteiger partial charge in [-0.25, -0.2) is 0 Å². The van der Waals surface area contributed by atoms with Gasteiger partial charge >= 0.3 is 180 Å². The number of hydrogen-bond donors (Lipinski definition) is 1. The fourth-order valence-corrected chi connectivity index (χ4v) is 4.78. The number of aryl methyl sites for hydroxylation is 1. The van der Waals surface area contributed by atoms with E-state index < -0.39 is 0 Å². The predicted molar refractivity (Wildman–Crippen MR) is 132 cm³/mol. The number of hydrogen-bond acceptors (Lipinski definition) is 5. The van der Waals surface area contributed by atoms with Gasteiger partial charge in [0.2, 0.25) is 0 Å². The summed E-state index contributed by atoms with van der Waals surface area (Å²) in [6, 6.07) is 16.5. The third kappa shape index (κ3) is 4.66. The molecule has 0 radical (unpaired) electrons. The molecule has 4 rings (SSSR count). The number of carbonyl (C=O) groups excluding carboxylic acids is 1. The number of aliphatic hydroxyl groups is 1. The number of rotatable bonds is 6. The van der Waals surface area contributed by atoms with Gasteiger partial charge in [0.25, 0.3) is 0 Å². The average molecular weight is 498 g/mol. The summed E-state index contributed by atoms with van der Waals surface area (Å²) in [5.41, 5.74) is 4.95. The Hall–Kier alpha value is -2.44. The molecule has 2 fully saturated rings. The standard InChI is InChI=1S/C25H30N4O2Se/c1-3-19-4-10-22(11-5-19)29-24(31)23(26(2)25(29)32)18-20-6-8-21(9-7-20)28-14-12-27(13-15-28)16-17-30/h4-11,18,30H,3,12-17H2,1-2H3. The van der Waals surface area contributed by atoms with Crippen LogP contribution in [0.2, 0.25) is 0 Å².